The molecule has 2 bridgehead atoms. The van der Waals surface area contributed by atoms with Crippen molar-refractivity contribution in [3.05, 3.63) is 58.7 Å². The fraction of sp³-hybridized carbons (Fsp3) is 0.316. The third-order valence-electron chi connectivity index (χ3n) is 5.27. The van der Waals surface area contributed by atoms with Gasteiger partial charge in [-0.25, -0.2) is 4.79 Å². The van der Waals surface area contributed by atoms with Crippen LogP contribution in [0.1, 0.15) is 18.1 Å². The van der Waals surface area contributed by atoms with Gasteiger partial charge >= 0.3 is 5.97 Å². The predicted molar refractivity (Wildman–Crippen MR) is 84.0 cm³/mol. The monoisotopic (exact) mass is 324 g/mol. The van der Waals surface area contributed by atoms with E-state index in [4.69, 9.17) is 4.74 Å². The third-order valence-corrected chi connectivity index (χ3v) is 5.27. The van der Waals surface area contributed by atoms with Crippen molar-refractivity contribution in [3.63, 3.8) is 0 Å². The van der Waals surface area contributed by atoms with Crippen LogP contribution in [-0.4, -0.2) is 34.3 Å². The molecule has 4 aliphatic rings. The number of aliphatic hydroxyl groups is 1. The Labute approximate surface area is 138 Å². The van der Waals surface area contributed by atoms with E-state index < -0.39 is 28.9 Å². The number of carbonyl (C=O) groups is 3. The van der Waals surface area contributed by atoms with Crippen LogP contribution in [0.4, 0.5) is 0 Å². The number of hydrogen-bond acceptors (Lipinski definition) is 5. The van der Waals surface area contributed by atoms with Gasteiger partial charge in [-0.3, -0.25) is 9.59 Å². The molecule has 24 heavy (non-hydrogen) atoms. The first kappa shape index (κ1) is 15.0. The summed E-state index contributed by atoms with van der Waals surface area (Å²) in [4.78, 5) is 38.0. The number of rotatable bonds is 2. The summed E-state index contributed by atoms with van der Waals surface area (Å²) in [6, 6.07) is 7.54. The van der Waals surface area contributed by atoms with E-state index in [2.05, 4.69) is 0 Å². The summed E-state index contributed by atoms with van der Waals surface area (Å²) in [5.74, 6) is -1.75. The molecule has 0 spiro atoms. The van der Waals surface area contributed by atoms with Crippen molar-refractivity contribution in [1.82, 2.24) is 0 Å². The lowest BCUT2D eigenvalue weighted by Crippen LogP contribution is -2.51. The molecule has 0 saturated carbocycles. The van der Waals surface area contributed by atoms with Crippen LogP contribution in [0, 0.1) is 12.3 Å². The first-order valence-corrected chi connectivity index (χ1v) is 7.80. The van der Waals surface area contributed by atoms with Gasteiger partial charge in [0.15, 0.2) is 11.6 Å². The maximum Gasteiger partial charge on any atom is 0.348 e. The van der Waals surface area contributed by atoms with E-state index in [0.29, 0.717) is 0 Å². The molecule has 0 fully saturated rings. The average Bonchev–Trinajstić information content (AvgIpc) is 2.75. The fourth-order valence-corrected chi connectivity index (χ4v) is 3.79. The smallest absolute Gasteiger partial charge is 0.348 e. The molecule has 0 aromatic heterocycles. The van der Waals surface area contributed by atoms with E-state index in [1.807, 2.05) is 31.2 Å². The van der Waals surface area contributed by atoms with E-state index in [-0.39, 0.29) is 23.4 Å². The molecule has 2 heterocycles. The summed E-state index contributed by atoms with van der Waals surface area (Å²) in [6.07, 6.45) is 2.07. The molecule has 1 aromatic rings. The minimum absolute atomic E-state index is 0.104. The van der Waals surface area contributed by atoms with E-state index in [1.54, 1.807) is 6.92 Å². The lowest BCUT2D eigenvalue weighted by Gasteiger charge is -2.36. The number of ketones is 2. The van der Waals surface area contributed by atoms with Gasteiger partial charge in [0, 0.05) is 0 Å². The first-order valence-electron chi connectivity index (χ1n) is 7.80. The number of aryl methyl sites for hydroxylation is 1. The molecule has 0 amide bonds. The zero-order valence-electron chi connectivity index (χ0n) is 13.3. The molecule has 0 saturated heterocycles. The zero-order chi connectivity index (χ0) is 17.3. The van der Waals surface area contributed by atoms with Crippen LogP contribution in [0.5, 0.6) is 0 Å². The highest BCUT2D eigenvalue weighted by Gasteiger charge is 2.64. The van der Waals surface area contributed by atoms with Crippen LogP contribution in [0.3, 0.4) is 0 Å². The molecular formula is C19H16O5. The predicted octanol–water partition coefficient (Wildman–Crippen LogP) is 1.22. The van der Waals surface area contributed by atoms with Gasteiger partial charge < -0.3 is 9.84 Å². The van der Waals surface area contributed by atoms with E-state index >= 15 is 0 Å². The van der Waals surface area contributed by atoms with E-state index in [1.165, 1.54) is 12.2 Å². The lowest BCUT2D eigenvalue weighted by atomic mass is 9.76. The van der Waals surface area contributed by atoms with Gasteiger partial charge in [-0.15, -0.1) is 0 Å². The van der Waals surface area contributed by atoms with Crippen LogP contribution in [0.2, 0.25) is 0 Å². The number of ether oxygens (including phenoxy) is 1. The molecule has 3 atom stereocenters. The van der Waals surface area contributed by atoms with Crippen LogP contribution in [-0.2, 0) is 25.5 Å². The second-order valence-electron chi connectivity index (χ2n) is 6.83. The van der Waals surface area contributed by atoms with Crippen LogP contribution >= 0.6 is 0 Å². The molecule has 5 rings (SSSR count). The van der Waals surface area contributed by atoms with Crippen molar-refractivity contribution in [2.24, 2.45) is 5.41 Å². The van der Waals surface area contributed by atoms with E-state index in [9.17, 15) is 19.5 Å². The Hall–Kier alpha value is -2.53. The molecule has 2 aliphatic heterocycles. The van der Waals surface area contributed by atoms with Gasteiger partial charge in [-0.05, 0) is 43.5 Å². The number of benzene rings is 1. The maximum atomic E-state index is 13.0. The standard InChI is InChI=1S/C19H16O5/c1-10-5-3-4-6-11(10)9-18(2)15(20)13-12-7-8-19(23,17(22)24-12)14(13)16(18)21/h3-8,12,23H,9H2,1-2H3. The van der Waals surface area contributed by atoms with Gasteiger partial charge in [0.25, 0.3) is 0 Å². The summed E-state index contributed by atoms with van der Waals surface area (Å²) < 4.78 is 5.08. The van der Waals surface area contributed by atoms with Gasteiger partial charge in [0.1, 0.15) is 6.10 Å². The Morgan fingerprint density at radius 3 is 2.54 bits per heavy atom. The fourth-order valence-electron chi connectivity index (χ4n) is 3.79. The second kappa shape index (κ2) is 4.51. The summed E-state index contributed by atoms with van der Waals surface area (Å²) in [6.45, 7) is 3.50. The molecule has 3 unspecified atom stereocenters. The van der Waals surface area contributed by atoms with Gasteiger partial charge in [-0.1, -0.05) is 24.3 Å². The topological polar surface area (TPSA) is 80.7 Å². The average molecular weight is 324 g/mol. The summed E-state index contributed by atoms with van der Waals surface area (Å²) >= 11 is 0. The van der Waals surface area contributed by atoms with Gasteiger partial charge in [-0.2, -0.15) is 0 Å². The van der Waals surface area contributed by atoms with Crippen molar-refractivity contribution < 1.29 is 24.2 Å². The van der Waals surface area contributed by atoms with Crippen LogP contribution in [0.25, 0.3) is 0 Å². The van der Waals surface area contributed by atoms with E-state index in [0.717, 1.165) is 11.1 Å². The number of carbonyl (C=O) groups excluding carboxylic acids is 3. The summed E-state index contributed by atoms with van der Waals surface area (Å²) in [5, 5.41) is 10.6. The highest BCUT2D eigenvalue weighted by Crippen LogP contribution is 2.49. The van der Waals surface area contributed by atoms with Crippen LogP contribution < -0.4 is 0 Å². The summed E-state index contributed by atoms with van der Waals surface area (Å²) in [7, 11) is 0. The minimum Gasteiger partial charge on any atom is -0.450 e. The number of esters is 1. The Morgan fingerprint density at radius 2 is 1.88 bits per heavy atom. The summed E-state index contributed by atoms with van der Waals surface area (Å²) in [5.41, 5.74) is -1.57. The second-order valence-corrected chi connectivity index (χ2v) is 6.83. The van der Waals surface area contributed by atoms with Crippen LogP contribution in [0.15, 0.2) is 47.6 Å². The Morgan fingerprint density at radius 1 is 1.17 bits per heavy atom. The van der Waals surface area contributed by atoms with Crippen molar-refractivity contribution in [1.29, 1.82) is 0 Å². The van der Waals surface area contributed by atoms with Crippen molar-refractivity contribution in [3.8, 4) is 0 Å². The number of Topliss-reactive ketones (excluding diaryl/α,β-unsaturated/α-hetero) is 2. The molecule has 0 radical (unpaired) electrons. The Kier molecular flexibility index (Phi) is 2.82. The highest BCUT2D eigenvalue weighted by molar-refractivity contribution is 6.31. The molecule has 5 nitrogen and oxygen atoms in total. The van der Waals surface area contributed by atoms with Gasteiger partial charge in [0.05, 0.1) is 16.6 Å². The number of fused-ring (bicyclic) bond motifs is 1. The van der Waals surface area contributed by atoms with Crippen molar-refractivity contribution in [2.75, 3.05) is 0 Å². The minimum atomic E-state index is -2.14. The normalized spacial score (nSPS) is 34.0. The van der Waals surface area contributed by atoms with Gasteiger partial charge in [0.2, 0.25) is 5.60 Å². The Balaban J connectivity index is 1.81. The molecule has 1 aromatic carbocycles. The molecular weight excluding hydrogens is 308 g/mol. The molecule has 5 heteroatoms. The largest absolute Gasteiger partial charge is 0.450 e. The van der Waals surface area contributed by atoms with Crippen molar-refractivity contribution >= 4 is 17.5 Å². The molecule has 1 N–H and O–H groups in total. The third kappa shape index (κ3) is 1.65. The highest BCUT2D eigenvalue weighted by atomic mass is 16.6. The lowest BCUT2D eigenvalue weighted by molar-refractivity contribution is -0.164. The van der Waals surface area contributed by atoms with Crippen molar-refractivity contribution in [2.45, 2.75) is 32.0 Å². The Bertz CT molecular complexity index is 877. The first-order chi connectivity index (χ1) is 11.3. The number of hydrogen-bond donors (Lipinski definition) is 1. The SMILES string of the molecule is Cc1ccccc1CC1(C)C(=O)C2=C(C1=O)C1(O)C=CC2OC1=O. The maximum absolute atomic E-state index is 13.0. The molecule has 2 aliphatic carbocycles. The quantitative estimate of drug-likeness (QED) is 0.502. The zero-order valence-corrected chi connectivity index (χ0v) is 13.3. The molecule has 122 valence electrons.